The number of hydrogen-bond acceptors (Lipinski definition) is 4. The fourth-order valence-corrected chi connectivity index (χ4v) is 4.44. The second kappa shape index (κ2) is 10.4. The smallest absolute Gasteiger partial charge is 0.244 e. The Labute approximate surface area is 172 Å². The number of sulfonamides is 1. The summed E-state index contributed by atoms with van der Waals surface area (Å²) in [6.45, 7) is 0.0956. The molecule has 1 aliphatic rings. The van der Waals surface area contributed by atoms with Gasteiger partial charge in [0.05, 0.1) is 17.7 Å². The van der Waals surface area contributed by atoms with Crippen LogP contribution in [0.5, 0.6) is 0 Å². The number of hydrogen-bond donors (Lipinski definition) is 2. The van der Waals surface area contributed by atoms with Crippen LogP contribution in [0, 0.1) is 0 Å². The molecule has 1 amide bonds. The van der Waals surface area contributed by atoms with Gasteiger partial charge in [0.2, 0.25) is 15.9 Å². The van der Waals surface area contributed by atoms with Crippen LogP contribution in [-0.4, -0.2) is 20.4 Å². The SMILES string of the molecule is O=C(/C=C/c1ccc(S(=O)(=O)NCc2ccco2)cc1)NC1CCCCCCC1. The van der Waals surface area contributed by atoms with Gasteiger partial charge in [-0.1, -0.05) is 44.2 Å². The van der Waals surface area contributed by atoms with Gasteiger partial charge in [0, 0.05) is 12.1 Å². The summed E-state index contributed by atoms with van der Waals surface area (Å²) in [5, 5.41) is 3.08. The zero-order valence-electron chi connectivity index (χ0n) is 16.5. The van der Waals surface area contributed by atoms with E-state index in [1.165, 1.54) is 56.6 Å². The molecule has 1 saturated carbocycles. The highest BCUT2D eigenvalue weighted by Crippen LogP contribution is 2.17. The molecule has 0 spiro atoms. The number of nitrogens with one attached hydrogen (secondary N) is 2. The maximum Gasteiger partial charge on any atom is 0.244 e. The lowest BCUT2D eigenvalue weighted by Gasteiger charge is -2.20. The van der Waals surface area contributed by atoms with Crippen LogP contribution in [0.2, 0.25) is 0 Å². The minimum Gasteiger partial charge on any atom is -0.468 e. The molecule has 1 aromatic carbocycles. The van der Waals surface area contributed by atoms with Crippen LogP contribution in [-0.2, 0) is 21.4 Å². The van der Waals surface area contributed by atoms with E-state index in [2.05, 4.69) is 10.0 Å². The minimum absolute atomic E-state index is 0.0956. The summed E-state index contributed by atoms with van der Waals surface area (Å²) in [4.78, 5) is 12.4. The van der Waals surface area contributed by atoms with E-state index in [1.807, 2.05) is 0 Å². The topological polar surface area (TPSA) is 88.4 Å². The average molecular weight is 417 g/mol. The first-order valence-corrected chi connectivity index (χ1v) is 11.6. The third-order valence-electron chi connectivity index (χ3n) is 5.09. The van der Waals surface area contributed by atoms with Crippen molar-refractivity contribution in [3.8, 4) is 0 Å². The van der Waals surface area contributed by atoms with Crippen molar-refractivity contribution in [1.82, 2.24) is 10.0 Å². The Kier molecular flexibility index (Phi) is 7.66. The Bertz CT molecular complexity index is 895. The van der Waals surface area contributed by atoms with Crippen LogP contribution in [0.3, 0.4) is 0 Å². The van der Waals surface area contributed by atoms with E-state index in [9.17, 15) is 13.2 Å². The normalized spacial score (nSPS) is 16.4. The van der Waals surface area contributed by atoms with Gasteiger partial charge >= 0.3 is 0 Å². The van der Waals surface area contributed by atoms with E-state index in [0.717, 1.165) is 18.4 Å². The number of rotatable bonds is 7. The van der Waals surface area contributed by atoms with E-state index in [1.54, 1.807) is 30.3 Å². The number of carbonyl (C=O) groups excluding carboxylic acids is 1. The largest absolute Gasteiger partial charge is 0.468 e. The Morgan fingerprint density at radius 3 is 2.38 bits per heavy atom. The summed E-state index contributed by atoms with van der Waals surface area (Å²) in [5.74, 6) is 0.441. The summed E-state index contributed by atoms with van der Waals surface area (Å²) in [5.41, 5.74) is 0.766. The van der Waals surface area contributed by atoms with Crippen LogP contribution >= 0.6 is 0 Å². The quantitative estimate of drug-likeness (QED) is 0.668. The first-order valence-electron chi connectivity index (χ1n) is 10.1. The molecule has 0 saturated heterocycles. The second-order valence-corrected chi connectivity index (χ2v) is 9.12. The molecule has 0 aliphatic heterocycles. The van der Waals surface area contributed by atoms with Gasteiger partial charge in [-0.15, -0.1) is 0 Å². The van der Waals surface area contributed by atoms with E-state index in [0.29, 0.717) is 5.76 Å². The molecule has 156 valence electrons. The monoisotopic (exact) mass is 416 g/mol. The molecule has 1 fully saturated rings. The van der Waals surface area contributed by atoms with Gasteiger partial charge in [0.25, 0.3) is 0 Å². The fourth-order valence-electron chi connectivity index (χ4n) is 3.44. The Hall–Kier alpha value is -2.38. The Balaban J connectivity index is 1.53. The van der Waals surface area contributed by atoms with Gasteiger partial charge in [0.1, 0.15) is 5.76 Å². The number of furan rings is 1. The predicted octanol–water partition coefficient (Wildman–Crippen LogP) is 4.00. The van der Waals surface area contributed by atoms with Crippen LogP contribution in [0.1, 0.15) is 56.3 Å². The van der Waals surface area contributed by atoms with E-state index in [-0.39, 0.29) is 23.4 Å². The molecular formula is C22H28N2O4S. The molecule has 0 atom stereocenters. The van der Waals surface area contributed by atoms with Crippen molar-refractivity contribution in [2.45, 2.75) is 62.4 Å². The van der Waals surface area contributed by atoms with Crippen molar-refractivity contribution >= 4 is 22.0 Å². The molecule has 0 unspecified atom stereocenters. The molecule has 2 aromatic rings. The van der Waals surface area contributed by atoms with Crippen molar-refractivity contribution in [2.75, 3.05) is 0 Å². The zero-order chi connectivity index (χ0) is 20.5. The zero-order valence-corrected chi connectivity index (χ0v) is 17.3. The molecule has 1 aromatic heterocycles. The van der Waals surface area contributed by atoms with E-state index >= 15 is 0 Å². The lowest BCUT2D eigenvalue weighted by atomic mass is 9.97. The Morgan fingerprint density at radius 2 is 1.72 bits per heavy atom. The Morgan fingerprint density at radius 1 is 1.03 bits per heavy atom. The number of carbonyl (C=O) groups is 1. The lowest BCUT2D eigenvalue weighted by Crippen LogP contribution is -2.34. The van der Waals surface area contributed by atoms with Crippen molar-refractivity contribution in [3.05, 3.63) is 60.1 Å². The third kappa shape index (κ3) is 6.87. The second-order valence-electron chi connectivity index (χ2n) is 7.36. The van der Waals surface area contributed by atoms with Gasteiger partial charge in [0.15, 0.2) is 0 Å². The molecular weight excluding hydrogens is 388 g/mol. The lowest BCUT2D eigenvalue weighted by molar-refractivity contribution is -0.117. The standard InChI is InChI=1S/C22H28N2O4S/c25-22(24-19-7-4-2-1-3-5-8-19)15-12-18-10-13-21(14-11-18)29(26,27)23-17-20-9-6-16-28-20/h6,9-16,19,23H,1-5,7-8,17H2,(H,24,25)/b15-12+. The molecule has 0 bridgehead atoms. The van der Waals surface area contributed by atoms with Gasteiger partial charge in [-0.3, -0.25) is 4.79 Å². The third-order valence-corrected chi connectivity index (χ3v) is 6.50. The van der Waals surface area contributed by atoms with Crippen LogP contribution in [0.25, 0.3) is 6.08 Å². The molecule has 6 nitrogen and oxygen atoms in total. The van der Waals surface area contributed by atoms with E-state index < -0.39 is 10.0 Å². The average Bonchev–Trinajstić information content (AvgIpc) is 3.21. The summed E-state index contributed by atoms with van der Waals surface area (Å²) in [7, 11) is -3.62. The van der Waals surface area contributed by atoms with Crippen LogP contribution in [0.4, 0.5) is 0 Å². The highest BCUT2D eigenvalue weighted by atomic mass is 32.2. The number of amides is 1. The van der Waals surface area contributed by atoms with Crippen molar-refractivity contribution in [3.63, 3.8) is 0 Å². The predicted molar refractivity (Wildman–Crippen MR) is 112 cm³/mol. The minimum atomic E-state index is -3.62. The number of benzene rings is 1. The first kappa shape index (κ1) is 21.3. The van der Waals surface area contributed by atoms with Gasteiger partial charge in [-0.05, 0) is 48.7 Å². The maximum absolute atomic E-state index is 12.3. The molecule has 29 heavy (non-hydrogen) atoms. The summed E-state index contributed by atoms with van der Waals surface area (Å²) in [6, 6.07) is 10.1. The van der Waals surface area contributed by atoms with Crippen molar-refractivity contribution in [1.29, 1.82) is 0 Å². The molecule has 1 aliphatic carbocycles. The van der Waals surface area contributed by atoms with E-state index in [4.69, 9.17) is 4.42 Å². The van der Waals surface area contributed by atoms with Crippen LogP contribution < -0.4 is 10.0 Å². The van der Waals surface area contributed by atoms with Gasteiger partial charge in [-0.2, -0.15) is 0 Å². The molecule has 0 radical (unpaired) electrons. The van der Waals surface area contributed by atoms with Gasteiger partial charge < -0.3 is 9.73 Å². The van der Waals surface area contributed by atoms with Gasteiger partial charge in [-0.25, -0.2) is 13.1 Å². The van der Waals surface area contributed by atoms with Crippen molar-refractivity contribution < 1.29 is 17.6 Å². The highest BCUT2D eigenvalue weighted by Gasteiger charge is 2.14. The molecule has 2 N–H and O–H groups in total. The van der Waals surface area contributed by atoms with Crippen molar-refractivity contribution in [2.24, 2.45) is 0 Å². The molecule has 3 rings (SSSR count). The fraction of sp³-hybridized carbons (Fsp3) is 0.409. The highest BCUT2D eigenvalue weighted by molar-refractivity contribution is 7.89. The summed E-state index contributed by atoms with van der Waals surface area (Å²) < 4.78 is 32.3. The molecule has 1 heterocycles. The summed E-state index contributed by atoms with van der Waals surface area (Å²) >= 11 is 0. The van der Waals surface area contributed by atoms with Crippen LogP contribution in [0.15, 0.2) is 58.1 Å². The molecule has 7 heteroatoms. The first-order chi connectivity index (χ1) is 14.0. The maximum atomic E-state index is 12.3. The summed E-state index contributed by atoms with van der Waals surface area (Å²) in [6.07, 6.45) is 12.9.